The molecule has 1 fully saturated rings. The molecule has 7 heteroatoms. The molecule has 0 saturated carbocycles. The van der Waals surface area contributed by atoms with Crippen molar-refractivity contribution in [2.24, 2.45) is 4.99 Å². The second-order valence-corrected chi connectivity index (χ2v) is 7.33. The van der Waals surface area contributed by atoms with Crippen LogP contribution in [0.5, 0.6) is 0 Å². The van der Waals surface area contributed by atoms with E-state index < -0.39 is 0 Å². The Balaban J connectivity index is 1.83. The lowest BCUT2D eigenvalue weighted by molar-refractivity contribution is -0.129. The zero-order valence-corrected chi connectivity index (χ0v) is 15.9. The highest BCUT2D eigenvalue weighted by molar-refractivity contribution is 5.81. The second kappa shape index (κ2) is 8.87. The number of oxazole rings is 1. The number of guanidine groups is 1. The molecule has 2 N–H and O–H groups in total. The van der Waals surface area contributed by atoms with Crippen LogP contribution < -0.4 is 10.6 Å². The van der Waals surface area contributed by atoms with Gasteiger partial charge in [0.15, 0.2) is 5.96 Å². The summed E-state index contributed by atoms with van der Waals surface area (Å²) in [6.45, 7) is 11.8. The zero-order chi connectivity index (χ0) is 18.3. The van der Waals surface area contributed by atoms with Gasteiger partial charge in [0.2, 0.25) is 11.8 Å². The average molecular weight is 349 g/mol. The molecule has 2 rings (SSSR count). The van der Waals surface area contributed by atoms with Gasteiger partial charge in [-0.15, -0.1) is 0 Å². The van der Waals surface area contributed by atoms with E-state index in [1.165, 1.54) is 0 Å². The first kappa shape index (κ1) is 19.3. The van der Waals surface area contributed by atoms with E-state index in [0.29, 0.717) is 31.4 Å². The molecule has 1 aromatic heterocycles. The largest absolute Gasteiger partial charge is 0.443 e. The van der Waals surface area contributed by atoms with Gasteiger partial charge in [0.05, 0.1) is 6.20 Å². The molecule has 7 nitrogen and oxygen atoms in total. The molecule has 0 unspecified atom stereocenters. The van der Waals surface area contributed by atoms with Crippen LogP contribution in [0.1, 0.15) is 58.6 Å². The maximum atomic E-state index is 12.1. The Morgan fingerprint density at radius 1 is 1.32 bits per heavy atom. The SMILES string of the molecule is CCNC(=NCc1ncc(C(C)(C)C)o1)NCCC(=O)N1CCCC1. The number of nitrogens with zero attached hydrogens (tertiary/aromatic N) is 3. The van der Waals surface area contributed by atoms with E-state index in [-0.39, 0.29) is 11.3 Å². The lowest BCUT2D eigenvalue weighted by atomic mass is 9.94. The Hall–Kier alpha value is -2.05. The third kappa shape index (κ3) is 6.07. The van der Waals surface area contributed by atoms with Crippen molar-refractivity contribution in [3.63, 3.8) is 0 Å². The highest BCUT2D eigenvalue weighted by Crippen LogP contribution is 2.22. The Morgan fingerprint density at radius 2 is 2.04 bits per heavy atom. The van der Waals surface area contributed by atoms with Crippen molar-refractivity contribution in [2.45, 2.75) is 58.9 Å². The van der Waals surface area contributed by atoms with Gasteiger partial charge in [-0.3, -0.25) is 4.79 Å². The highest BCUT2D eigenvalue weighted by atomic mass is 16.4. The van der Waals surface area contributed by atoms with E-state index in [9.17, 15) is 4.79 Å². The van der Waals surface area contributed by atoms with Crippen molar-refractivity contribution in [1.29, 1.82) is 0 Å². The summed E-state index contributed by atoms with van der Waals surface area (Å²) in [5.41, 5.74) is -0.0619. The van der Waals surface area contributed by atoms with Crippen molar-refractivity contribution in [3.05, 3.63) is 17.8 Å². The van der Waals surface area contributed by atoms with Crippen LogP contribution in [0.3, 0.4) is 0 Å². The lowest BCUT2D eigenvalue weighted by Crippen LogP contribution is -2.39. The Bertz CT molecular complexity index is 583. The fraction of sp³-hybridized carbons (Fsp3) is 0.722. The minimum absolute atomic E-state index is 0.0619. The smallest absolute Gasteiger partial charge is 0.224 e. The maximum absolute atomic E-state index is 12.1. The molecular formula is C18H31N5O2. The zero-order valence-electron chi connectivity index (χ0n) is 15.9. The fourth-order valence-electron chi connectivity index (χ4n) is 2.63. The molecule has 0 aliphatic carbocycles. The number of aromatic nitrogens is 1. The molecule has 25 heavy (non-hydrogen) atoms. The van der Waals surface area contributed by atoms with E-state index in [1.54, 1.807) is 6.20 Å². The number of aliphatic imine (C=N–C) groups is 1. The summed E-state index contributed by atoms with van der Waals surface area (Å²) >= 11 is 0. The van der Waals surface area contributed by atoms with Gasteiger partial charge < -0.3 is 20.0 Å². The molecule has 1 aliphatic rings. The first-order chi connectivity index (χ1) is 11.9. The van der Waals surface area contributed by atoms with Crippen molar-refractivity contribution in [3.8, 4) is 0 Å². The van der Waals surface area contributed by atoms with Gasteiger partial charge in [-0.2, -0.15) is 0 Å². The van der Waals surface area contributed by atoms with Crippen LogP contribution in [0.15, 0.2) is 15.6 Å². The second-order valence-electron chi connectivity index (χ2n) is 7.33. The fourth-order valence-corrected chi connectivity index (χ4v) is 2.63. The van der Waals surface area contributed by atoms with Crippen molar-refractivity contribution in [1.82, 2.24) is 20.5 Å². The molecule has 0 bridgehead atoms. The van der Waals surface area contributed by atoms with Crippen LogP contribution in [0.25, 0.3) is 0 Å². The number of hydrogen-bond donors (Lipinski definition) is 2. The van der Waals surface area contributed by atoms with Crippen molar-refractivity contribution >= 4 is 11.9 Å². The quantitative estimate of drug-likeness (QED) is 0.607. The Kier molecular flexibility index (Phi) is 6.84. The summed E-state index contributed by atoms with van der Waals surface area (Å²) in [5.74, 6) is 2.33. The third-order valence-corrected chi connectivity index (χ3v) is 4.10. The Labute approximate surface area is 150 Å². The monoisotopic (exact) mass is 349 g/mol. The van der Waals surface area contributed by atoms with Gasteiger partial charge in [-0.25, -0.2) is 9.98 Å². The van der Waals surface area contributed by atoms with Gasteiger partial charge in [-0.1, -0.05) is 20.8 Å². The molecule has 1 saturated heterocycles. The summed E-state index contributed by atoms with van der Waals surface area (Å²) in [4.78, 5) is 22.8. The van der Waals surface area contributed by atoms with Crippen LogP contribution in [0, 0.1) is 0 Å². The van der Waals surface area contributed by atoms with Crippen LogP contribution in [0.2, 0.25) is 0 Å². The normalized spacial score (nSPS) is 15.5. The number of amides is 1. The number of hydrogen-bond acceptors (Lipinski definition) is 4. The number of likely N-dealkylation sites (tertiary alicyclic amines) is 1. The highest BCUT2D eigenvalue weighted by Gasteiger charge is 2.19. The van der Waals surface area contributed by atoms with E-state index in [2.05, 4.69) is 41.4 Å². The molecule has 1 aromatic rings. The van der Waals surface area contributed by atoms with Crippen LogP contribution >= 0.6 is 0 Å². The maximum Gasteiger partial charge on any atom is 0.224 e. The topological polar surface area (TPSA) is 82.8 Å². The molecule has 140 valence electrons. The number of nitrogens with one attached hydrogen (secondary N) is 2. The van der Waals surface area contributed by atoms with E-state index in [0.717, 1.165) is 38.2 Å². The van der Waals surface area contributed by atoms with E-state index >= 15 is 0 Å². The molecule has 0 atom stereocenters. The molecular weight excluding hydrogens is 318 g/mol. The van der Waals surface area contributed by atoms with Crippen molar-refractivity contribution < 1.29 is 9.21 Å². The van der Waals surface area contributed by atoms with Gasteiger partial charge in [0.25, 0.3) is 0 Å². The Morgan fingerprint density at radius 3 is 2.64 bits per heavy atom. The minimum atomic E-state index is -0.0619. The van der Waals surface area contributed by atoms with Crippen molar-refractivity contribution in [2.75, 3.05) is 26.2 Å². The summed E-state index contributed by atoms with van der Waals surface area (Å²) in [6.07, 6.45) is 4.49. The number of rotatable bonds is 6. The van der Waals surface area contributed by atoms with Gasteiger partial charge in [0.1, 0.15) is 12.3 Å². The molecule has 0 spiro atoms. The van der Waals surface area contributed by atoms with E-state index in [4.69, 9.17) is 4.42 Å². The third-order valence-electron chi connectivity index (χ3n) is 4.10. The van der Waals surface area contributed by atoms with Crippen LogP contribution in [-0.2, 0) is 16.8 Å². The standard InChI is InChI=1S/C18H31N5O2/c1-5-19-17(20-9-8-16(24)23-10-6-7-11-23)22-13-15-21-12-14(25-15)18(2,3)4/h12H,5-11,13H2,1-4H3,(H2,19,20,22). The molecule has 0 aromatic carbocycles. The van der Waals surface area contributed by atoms with Gasteiger partial charge in [0, 0.05) is 38.0 Å². The molecule has 2 heterocycles. The summed E-state index contributed by atoms with van der Waals surface area (Å²) in [5, 5.41) is 6.38. The van der Waals surface area contributed by atoms with Crippen LogP contribution in [0.4, 0.5) is 0 Å². The first-order valence-corrected chi connectivity index (χ1v) is 9.15. The molecule has 1 aliphatic heterocycles. The van der Waals surface area contributed by atoms with E-state index in [1.807, 2.05) is 11.8 Å². The number of carbonyl (C=O) groups is 1. The molecule has 1 amide bonds. The predicted molar refractivity (Wildman–Crippen MR) is 98.5 cm³/mol. The lowest BCUT2D eigenvalue weighted by Gasteiger charge is -2.16. The summed E-state index contributed by atoms with van der Waals surface area (Å²) in [6, 6.07) is 0. The molecule has 0 radical (unpaired) electrons. The van der Waals surface area contributed by atoms with Gasteiger partial charge in [-0.05, 0) is 19.8 Å². The predicted octanol–water partition coefficient (Wildman–Crippen LogP) is 2.04. The summed E-state index contributed by atoms with van der Waals surface area (Å²) in [7, 11) is 0. The average Bonchev–Trinajstić information content (AvgIpc) is 3.23. The number of carbonyl (C=O) groups excluding carboxylic acids is 1. The minimum Gasteiger partial charge on any atom is -0.443 e. The first-order valence-electron chi connectivity index (χ1n) is 9.15. The van der Waals surface area contributed by atoms with Crippen LogP contribution in [-0.4, -0.2) is 47.9 Å². The van der Waals surface area contributed by atoms with Gasteiger partial charge >= 0.3 is 0 Å². The summed E-state index contributed by atoms with van der Waals surface area (Å²) < 4.78 is 5.75.